The van der Waals surface area contributed by atoms with Gasteiger partial charge in [0.05, 0.1) is 22.5 Å². The summed E-state index contributed by atoms with van der Waals surface area (Å²) in [6.45, 7) is 2.51. The molecule has 6 nitrogen and oxygen atoms in total. The highest BCUT2D eigenvalue weighted by atomic mass is 16.2. The van der Waals surface area contributed by atoms with Crippen LogP contribution in [-0.4, -0.2) is 64.9 Å². The predicted molar refractivity (Wildman–Crippen MR) is 98.8 cm³/mol. The first-order chi connectivity index (χ1) is 12.5. The molecule has 3 aliphatic heterocycles. The van der Waals surface area contributed by atoms with E-state index in [1.54, 1.807) is 0 Å². The van der Waals surface area contributed by atoms with E-state index in [2.05, 4.69) is 22.2 Å². The maximum Gasteiger partial charge on any atom is 0.253 e. The van der Waals surface area contributed by atoms with Gasteiger partial charge >= 0.3 is 0 Å². The van der Waals surface area contributed by atoms with Gasteiger partial charge in [0.25, 0.3) is 5.91 Å². The van der Waals surface area contributed by atoms with Gasteiger partial charge in [0.15, 0.2) is 0 Å². The maximum absolute atomic E-state index is 12.9. The molecule has 2 amide bonds. The van der Waals surface area contributed by atoms with Gasteiger partial charge in [-0.2, -0.15) is 0 Å². The summed E-state index contributed by atoms with van der Waals surface area (Å²) in [7, 11) is 2.07. The Hall–Kier alpha value is -2.34. The van der Waals surface area contributed by atoms with Crippen molar-refractivity contribution in [2.75, 3.05) is 26.7 Å². The highest BCUT2D eigenvalue weighted by molar-refractivity contribution is 6.06. The number of nitrogens with zero attached hydrogens (tertiary/aromatic N) is 2. The Balaban J connectivity index is 1.30. The zero-order chi connectivity index (χ0) is 17.9. The lowest BCUT2D eigenvalue weighted by Crippen LogP contribution is -2.55. The fourth-order valence-electron chi connectivity index (χ4n) is 5.00. The fourth-order valence-corrected chi connectivity index (χ4v) is 5.00. The second kappa shape index (κ2) is 5.58. The average molecular weight is 352 g/mol. The monoisotopic (exact) mass is 352 g/mol. The van der Waals surface area contributed by atoms with Crippen LogP contribution in [0.2, 0.25) is 0 Å². The number of carbonyl (C=O) groups excluding carboxylic acids is 2. The number of nitrogens with one attached hydrogen (secondary N) is 2. The van der Waals surface area contributed by atoms with Crippen molar-refractivity contribution in [1.29, 1.82) is 0 Å². The first-order valence-electron chi connectivity index (χ1n) is 9.42. The van der Waals surface area contributed by atoms with E-state index in [-0.39, 0.29) is 23.3 Å². The highest BCUT2D eigenvalue weighted by Gasteiger charge is 2.58. The van der Waals surface area contributed by atoms with Crippen molar-refractivity contribution in [3.63, 3.8) is 0 Å². The summed E-state index contributed by atoms with van der Waals surface area (Å²) in [6, 6.07) is 8.03. The molecule has 1 aromatic carbocycles. The number of H-pyrrole nitrogens is 1. The Morgan fingerprint density at radius 2 is 2.12 bits per heavy atom. The van der Waals surface area contributed by atoms with Crippen LogP contribution in [-0.2, 0) is 4.79 Å². The number of hydrogen-bond donors (Lipinski definition) is 2. The normalized spacial score (nSPS) is 30.6. The smallest absolute Gasteiger partial charge is 0.253 e. The Morgan fingerprint density at radius 1 is 1.27 bits per heavy atom. The van der Waals surface area contributed by atoms with E-state index in [1.807, 2.05) is 35.4 Å². The van der Waals surface area contributed by atoms with Crippen molar-refractivity contribution in [1.82, 2.24) is 20.1 Å². The minimum atomic E-state index is -0.239. The van der Waals surface area contributed by atoms with E-state index >= 15 is 0 Å². The molecule has 0 radical (unpaired) electrons. The van der Waals surface area contributed by atoms with Gasteiger partial charge < -0.3 is 20.1 Å². The molecule has 4 aliphatic rings. The number of aromatic nitrogens is 1. The molecule has 0 unspecified atom stereocenters. The molecule has 136 valence electrons. The van der Waals surface area contributed by atoms with Crippen molar-refractivity contribution in [3.05, 3.63) is 36.0 Å². The van der Waals surface area contributed by atoms with Gasteiger partial charge in [-0.25, -0.2) is 0 Å². The van der Waals surface area contributed by atoms with Crippen LogP contribution in [0.15, 0.2) is 30.5 Å². The topological polar surface area (TPSA) is 68.4 Å². The number of fused-ring (bicyclic) bond motifs is 2. The maximum atomic E-state index is 12.9. The number of para-hydroxylation sites is 1. The van der Waals surface area contributed by atoms with E-state index in [1.165, 1.54) is 0 Å². The second-order valence-electron chi connectivity index (χ2n) is 8.26. The third kappa shape index (κ3) is 2.35. The summed E-state index contributed by atoms with van der Waals surface area (Å²) in [6.07, 6.45) is 4.57. The predicted octanol–water partition coefficient (Wildman–Crippen LogP) is 1.59. The fraction of sp³-hybridized carbons (Fsp3) is 0.500. The number of amides is 2. The lowest BCUT2D eigenvalue weighted by molar-refractivity contribution is -0.135. The molecule has 4 fully saturated rings. The summed E-state index contributed by atoms with van der Waals surface area (Å²) in [5.41, 5.74) is 1.31. The van der Waals surface area contributed by atoms with Gasteiger partial charge in [0, 0.05) is 30.7 Å². The van der Waals surface area contributed by atoms with Crippen molar-refractivity contribution in [2.24, 2.45) is 5.92 Å². The molecule has 1 atom stereocenters. The van der Waals surface area contributed by atoms with Gasteiger partial charge in [-0.05, 0) is 45.0 Å². The molecule has 6 rings (SSSR count). The second-order valence-corrected chi connectivity index (χ2v) is 8.26. The minimum Gasteiger partial charge on any atom is -0.361 e. The van der Waals surface area contributed by atoms with Gasteiger partial charge in [0.1, 0.15) is 0 Å². The Kier molecular flexibility index (Phi) is 3.41. The summed E-state index contributed by atoms with van der Waals surface area (Å²) in [5, 5.41) is 4.28. The van der Waals surface area contributed by atoms with Crippen LogP contribution in [0.4, 0.5) is 0 Å². The zero-order valence-corrected chi connectivity index (χ0v) is 15.0. The molecule has 26 heavy (non-hydrogen) atoms. The molecule has 1 saturated carbocycles. The molecule has 1 aromatic heterocycles. The van der Waals surface area contributed by atoms with Gasteiger partial charge in [-0.3, -0.25) is 9.59 Å². The summed E-state index contributed by atoms with van der Waals surface area (Å²) >= 11 is 0. The van der Waals surface area contributed by atoms with E-state index < -0.39 is 0 Å². The van der Waals surface area contributed by atoms with Crippen molar-refractivity contribution >= 4 is 22.7 Å². The van der Waals surface area contributed by atoms with Gasteiger partial charge in [-0.1, -0.05) is 12.1 Å². The average Bonchev–Trinajstić information content (AvgIpc) is 3.35. The van der Waals surface area contributed by atoms with Crippen LogP contribution in [0.3, 0.4) is 0 Å². The number of hydrogen-bond acceptors (Lipinski definition) is 3. The van der Waals surface area contributed by atoms with E-state index in [0.29, 0.717) is 18.2 Å². The van der Waals surface area contributed by atoms with E-state index in [9.17, 15) is 9.59 Å². The number of aromatic amines is 1. The first-order valence-corrected chi connectivity index (χ1v) is 9.42. The van der Waals surface area contributed by atoms with E-state index in [4.69, 9.17) is 0 Å². The number of benzene rings is 1. The lowest BCUT2D eigenvalue weighted by Gasteiger charge is -2.37. The quantitative estimate of drug-likeness (QED) is 0.882. The summed E-state index contributed by atoms with van der Waals surface area (Å²) in [4.78, 5) is 33.1. The van der Waals surface area contributed by atoms with Crippen LogP contribution < -0.4 is 5.32 Å². The van der Waals surface area contributed by atoms with Crippen molar-refractivity contribution < 1.29 is 9.59 Å². The highest BCUT2D eigenvalue weighted by Crippen LogP contribution is 2.45. The standard InChI is InChI=1S/C20H24N4O2/c1-23-8-6-14(11-23)19(26)24-12-20(9-15(24)10-20)22-18(25)16-4-2-3-13-5-7-21-17(13)16/h2-5,7,14-15,21H,6,8-12H2,1H3,(H,22,25)/t14-,15?,20?/m0/s1. The minimum absolute atomic E-state index is 0.0496. The first kappa shape index (κ1) is 15.9. The van der Waals surface area contributed by atoms with Crippen molar-refractivity contribution in [3.8, 4) is 0 Å². The number of carbonyl (C=O) groups is 2. The zero-order valence-electron chi connectivity index (χ0n) is 15.0. The van der Waals surface area contributed by atoms with Crippen molar-refractivity contribution in [2.45, 2.75) is 30.8 Å². The van der Waals surface area contributed by atoms with Gasteiger partial charge in [-0.15, -0.1) is 0 Å². The largest absolute Gasteiger partial charge is 0.361 e. The van der Waals surface area contributed by atoms with Crippen LogP contribution in [0.1, 0.15) is 29.6 Å². The molecular weight excluding hydrogens is 328 g/mol. The number of rotatable bonds is 3. The van der Waals surface area contributed by atoms with Gasteiger partial charge in [0.2, 0.25) is 5.91 Å². The molecule has 6 heteroatoms. The summed E-state index contributed by atoms with van der Waals surface area (Å²) < 4.78 is 0. The SMILES string of the molecule is CN1CC[C@H](C(=O)N2CC3(NC(=O)c4cccc5cc[nH]c45)CC2C3)C1. The molecule has 0 spiro atoms. The Bertz CT molecular complexity index is 883. The molecule has 2 aromatic rings. The third-order valence-electron chi connectivity index (χ3n) is 6.40. The Labute approximate surface area is 152 Å². The molecule has 1 aliphatic carbocycles. The number of likely N-dealkylation sites (tertiary alicyclic amines) is 1. The molecule has 2 bridgehead atoms. The van der Waals surface area contributed by atoms with Crippen LogP contribution >= 0.6 is 0 Å². The molecule has 2 N–H and O–H groups in total. The Morgan fingerprint density at radius 3 is 2.88 bits per heavy atom. The molecule has 3 saturated heterocycles. The third-order valence-corrected chi connectivity index (χ3v) is 6.40. The molecule has 4 heterocycles. The van der Waals surface area contributed by atoms with Crippen LogP contribution in [0.5, 0.6) is 0 Å². The van der Waals surface area contributed by atoms with Crippen LogP contribution in [0.25, 0.3) is 10.9 Å². The lowest BCUT2D eigenvalue weighted by atomic mass is 9.77. The molecular formula is C20H24N4O2. The summed E-state index contributed by atoms with van der Waals surface area (Å²) in [5.74, 6) is 0.352. The van der Waals surface area contributed by atoms with Crippen LogP contribution in [0, 0.1) is 5.92 Å². The van der Waals surface area contributed by atoms with E-state index in [0.717, 1.165) is 43.3 Å².